The molecule has 2 aliphatic heterocycles. The lowest BCUT2D eigenvalue weighted by Crippen LogP contribution is -2.56. The molecule has 8 heteroatoms. The van der Waals surface area contributed by atoms with Gasteiger partial charge in [0.1, 0.15) is 0 Å². The molecule has 2 amide bonds. The SMILES string of the molecule is Cc1[nH]nc(CCC(=O)N2CCC3(CC2)NC(=O)C[C@@H]3C(=O)O)c1C. The zero-order valence-electron chi connectivity index (χ0n) is 14.6. The van der Waals surface area contributed by atoms with Crippen LogP contribution in [0.15, 0.2) is 0 Å². The number of aliphatic carboxylic acids is 1. The van der Waals surface area contributed by atoms with Crippen molar-refractivity contribution in [2.24, 2.45) is 5.92 Å². The van der Waals surface area contributed by atoms with Crippen LogP contribution in [0, 0.1) is 19.8 Å². The van der Waals surface area contributed by atoms with Gasteiger partial charge in [0.05, 0.1) is 17.2 Å². The molecule has 8 nitrogen and oxygen atoms in total. The van der Waals surface area contributed by atoms with E-state index in [2.05, 4.69) is 15.5 Å². The maximum absolute atomic E-state index is 12.5. The fourth-order valence-electron chi connectivity index (χ4n) is 3.91. The van der Waals surface area contributed by atoms with Crippen LogP contribution in [0.5, 0.6) is 0 Å². The molecule has 3 heterocycles. The number of aromatic nitrogens is 2. The molecule has 2 saturated heterocycles. The Hall–Kier alpha value is -2.38. The summed E-state index contributed by atoms with van der Waals surface area (Å²) in [6.07, 6.45) is 1.98. The first kappa shape index (κ1) is 17.4. The highest BCUT2D eigenvalue weighted by Gasteiger charge is 2.51. The number of amides is 2. The lowest BCUT2D eigenvalue weighted by Gasteiger charge is -2.41. The molecule has 0 bridgehead atoms. The number of carbonyl (C=O) groups is 3. The minimum Gasteiger partial charge on any atom is -0.481 e. The molecule has 136 valence electrons. The summed E-state index contributed by atoms with van der Waals surface area (Å²) >= 11 is 0. The van der Waals surface area contributed by atoms with Crippen molar-refractivity contribution in [2.45, 2.75) is 51.5 Å². The molecule has 0 unspecified atom stereocenters. The van der Waals surface area contributed by atoms with Gasteiger partial charge >= 0.3 is 5.97 Å². The maximum Gasteiger partial charge on any atom is 0.309 e. The third-order valence-corrected chi connectivity index (χ3v) is 5.68. The van der Waals surface area contributed by atoms with Gasteiger partial charge in [0.25, 0.3) is 0 Å². The van der Waals surface area contributed by atoms with Gasteiger partial charge in [-0.2, -0.15) is 5.10 Å². The van der Waals surface area contributed by atoms with Gasteiger partial charge in [0, 0.05) is 38.0 Å². The summed E-state index contributed by atoms with van der Waals surface area (Å²) in [5, 5.41) is 19.4. The van der Waals surface area contributed by atoms with Crippen LogP contribution in [0.3, 0.4) is 0 Å². The number of rotatable bonds is 4. The minimum atomic E-state index is -0.942. The van der Waals surface area contributed by atoms with Crippen molar-refractivity contribution < 1.29 is 19.5 Å². The molecule has 0 aromatic carbocycles. The number of aromatic amines is 1. The summed E-state index contributed by atoms with van der Waals surface area (Å²) < 4.78 is 0. The standard InChI is InChI=1S/C17H24N4O4/c1-10-11(2)19-20-13(10)3-4-15(23)21-7-5-17(6-8-21)12(16(24)25)9-14(22)18-17/h12H,3-9H2,1-2H3,(H,18,22)(H,19,20)(H,24,25)/t12-/m1/s1. The fourth-order valence-corrected chi connectivity index (χ4v) is 3.91. The van der Waals surface area contributed by atoms with Crippen molar-refractivity contribution in [1.82, 2.24) is 20.4 Å². The first-order valence-electron chi connectivity index (χ1n) is 8.64. The number of hydrogen-bond donors (Lipinski definition) is 3. The lowest BCUT2D eigenvalue weighted by molar-refractivity contribution is -0.145. The highest BCUT2D eigenvalue weighted by atomic mass is 16.4. The average Bonchev–Trinajstić information content (AvgIpc) is 3.06. The van der Waals surface area contributed by atoms with E-state index in [4.69, 9.17) is 0 Å². The highest BCUT2D eigenvalue weighted by Crippen LogP contribution is 2.37. The minimum absolute atomic E-state index is 0.0288. The molecule has 0 saturated carbocycles. The van der Waals surface area contributed by atoms with Crippen LogP contribution in [0.25, 0.3) is 0 Å². The van der Waals surface area contributed by atoms with Crippen molar-refractivity contribution in [3.63, 3.8) is 0 Å². The number of aryl methyl sites for hydroxylation is 2. The van der Waals surface area contributed by atoms with E-state index in [1.165, 1.54) is 0 Å². The van der Waals surface area contributed by atoms with E-state index in [1.54, 1.807) is 4.90 Å². The molecule has 3 N–H and O–H groups in total. The van der Waals surface area contributed by atoms with Gasteiger partial charge in [-0.3, -0.25) is 19.5 Å². The van der Waals surface area contributed by atoms with Crippen LogP contribution in [0.4, 0.5) is 0 Å². The number of carboxylic acid groups (broad SMARTS) is 1. The van der Waals surface area contributed by atoms with Gasteiger partial charge < -0.3 is 15.3 Å². The fraction of sp³-hybridized carbons (Fsp3) is 0.647. The molecular weight excluding hydrogens is 324 g/mol. The van der Waals surface area contributed by atoms with Crippen LogP contribution >= 0.6 is 0 Å². The van der Waals surface area contributed by atoms with E-state index in [1.807, 2.05) is 13.8 Å². The quantitative estimate of drug-likeness (QED) is 0.734. The molecule has 2 fully saturated rings. The number of carbonyl (C=O) groups excluding carboxylic acids is 2. The Kier molecular flexibility index (Phi) is 4.53. The summed E-state index contributed by atoms with van der Waals surface area (Å²) in [5.74, 6) is -1.81. The number of likely N-dealkylation sites (tertiary alicyclic amines) is 1. The van der Waals surface area contributed by atoms with Gasteiger partial charge in [0.15, 0.2) is 0 Å². The van der Waals surface area contributed by atoms with E-state index >= 15 is 0 Å². The number of carboxylic acids is 1. The molecule has 2 aliphatic rings. The molecule has 3 rings (SSSR count). The van der Waals surface area contributed by atoms with Crippen LogP contribution in [0.2, 0.25) is 0 Å². The van der Waals surface area contributed by atoms with Crippen molar-refractivity contribution in [2.75, 3.05) is 13.1 Å². The number of piperidine rings is 1. The smallest absolute Gasteiger partial charge is 0.309 e. The van der Waals surface area contributed by atoms with Crippen molar-refractivity contribution in [3.8, 4) is 0 Å². The summed E-state index contributed by atoms with van der Waals surface area (Å²) in [6.45, 7) is 4.88. The Bertz CT molecular complexity index is 704. The summed E-state index contributed by atoms with van der Waals surface area (Å²) in [5.41, 5.74) is 2.31. The van der Waals surface area contributed by atoms with E-state index in [0.717, 1.165) is 17.0 Å². The van der Waals surface area contributed by atoms with Crippen molar-refractivity contribution in [3.05, 3.63) is 17.0 Å². The van der Waals surface area contributed by atoms with Gasteiger partial charge in [-0.05, 0) is 32.3 Å². The molecule has 0 radical (unpaired) electrons. The van der Waals surface area contributed by atoms with E-state index < -0.39 is 17.4 Å². The normalized spacial score (nSPS) is 22.2. The first-order chi connectivity index (χ1) is 11.8. The molecule has 1 aromatic rings. The molecular formula is C17H24N4O4. The molecule has 1 atom stereocenters. The monoisotopic (exact) mass is 348 g/mol. The summed E-state index contributed by atoms with van der Waals surface area (Å²) in [4.78, 5) is 37.3. The first-order valence-corrected chi connectivity index (χ1v) is 8.64. The topological polar surface area (TPSA) is 115 Å². The van der Waals surface area contributed by atoms with Crippen LogP contribution in [0.1, 0.15) is 42.6 Å². The van der Waals surface area contributed by atoms with Crippen LogP contribution < -0.4 is 5.32 Å². The van der Waals surface area contributed by atoms with Gasteiger partial charge in [-0.25, -0.2) is 0 Å². The largest absolute Gasteiger partial charge is 0.481 e. The molecule has 25 heavy (non-hydrogen) atoms. The highest BCUT2D eigenvalue weighted by molar-refractivity contribution is 5.88. The summed E-state index contributed by atoms with van der Waals surface area (Å²) in [6, 6.07) is 0. The van der Waals surface area contributed by atoms with Crippen molar-refractivity contribution >= 4 is 17.8 Å². The zero-order valence-corrected chi connectivity index (χ0v) is 14.6. The van der Waals surface area contributed by atoms with E-state index in [9.17, 15) is 19.5 Å². The Balaban J connectivity index is 1.56. The molecule has 0 aliphatic carbocycles. The van der Waals surface area contributed by atoms with Gasteiger partial charge in [-0.15, -0.1) is 0 Å². The lowest BCUT2D eigenvalue weighted by atomic mass is 9.77. The van der Waals surface area contributed by atoms with Crippen LogP contribution in [-0.4, -0.2) is 56.6 Å². The predicted molar refractivity (Wildman–Crippen MR) is 88.8 cm³/mol. The Labute approximate surface area is 146 Å². The number of hydrogen-bond acceptors (Lipinski definition) is 4. The third kappa shape index (κ3) is 3.25. The number of nitrogens with zero attached hydrogens (tertiary/aromatic N) is 2. The van der Waals surface area contributed by atoms with E-state index in [0.29, 0.717) is 38.8 Å². The second-order valence-electron chi connectivity index (χ2n) is 7.10. The van der Waals surface area contributed by atoms with Gasteiger partial charge in [-0.1, -0.05) is 0 Å². The van der Waals surface area contributed by atoms with E-state index in [-0.39, 0.29) is 18.2 Å². The average molecular weight is 348 g/mol. The Morgan fingerprint density at radius 3 is 2.56 bits per heavy atom. The third-order valence-electron chi connectivity index (χ3n) is 5.68. The van der Waals surface area contributed by atoms with Crippen molar-refractivity contribution in [1.29, 1.82) is 0 Å². The molecule has 1 spiro atoms. The Morgan fingerprint density at radius 2 is 2.00 bits per heavy atom. The molecule has 1 aromatic heterocycles. The van der Waals surface area contributed by atoms with Gasteiger partial charge in [0.2, 0.25) is 11.8 Å². The zero-order chi connectivity index (χ0) is 18.2. The Morgan fingerprint density at radius 1 is 1.32 bits per heavy atom. The second-order valence-corrected chi connectivity index (χ2v) is 7.10. The number of H-pyrrole nitrogens is 1. The maximum atomic E-state index is 12.5. The predicted octanol–water partition coefficient (Wildman–Crippen LogP) is 0.541. The number of nitrogens with one attached hydrogen (secondary N) is 2. The van der Waals surface area contributed by atoms with Crippen LogP contribution in [-0.2, 0) is 20.8 Å². The second kappa shape index (κ2) is 6.50. The summed E-state index contributed by atoms with van der Waals surface area (Å²) in [7, 11) is 0.